The molecule has 26 heavy (non-hydrogen) atoms. The Balaban J connectivity index is 1.95. The van der Waals surface area contributed by atoms with E-state index >= 15 is 0 Å². The molecule has 5 heteroatoms. The van der Waals surface area contributed by atoms with Crippen molar-refractivity contribution in [3.05, 3.63) is 54.6 Å². The third-order valence-corrected chi connectivity index (χ3v) is 3.49. The fraction of sp³-hybridized carbons (Fsp3) is 0.333. The first-order chi connectivity index (χ1) is 12.3. The first kappa shape index (κ1) is 19.5. The molecule has 2 aromatic rings. The Labute approximate surface area is 154 Å². The Morgan fingerprint density at radius 1 is 1.00 bits per heavy atom. The molecular formula is C21H25NO4. The van der Waals surface area contributed by atoms with Crippen LogP contribution in [-0.2, 0) is 14.3 Å². The second-order valence-electron chi connectivity index (χ2n) is 7.02. The minimum Gasteiger partial charge on any atom is -0.481 e. The topological polar surface area (TPSA) is 64.6 Å². The lowest BCUT2D eigenvalue weighted by molar-refractivity contribution is -0.157. The van der Waals surface area contributed by atoms with E-state index in [9.17, 15) is 9.59 Å². The van der Waals surface area contributed by atoms with Crippen LogP contribution in [0, 0.1) is 0 Å². The predicted octanol–water partition coefficient (Wildman–Crippen LogP) is 3.58. The van der Waals surface area contributed by atoms with E-state index in [1.807, 2.05) is 69.3 Å². The molecule has 0 aromatic heterocycles. The van der Waals surface area contributed by atoms with E-state index in [2.05, 4.69) is 5.32 Å². The molecule has 1 N–H and O–H groups in total. The van der Waals surface area contributed by atoms with Gasteiger partial charge >= 0.3 is 5.97 Å². The van der Waals surface area contributed by atoms with Crippen molar-refractivity contribution >= 4 is 11.9 Å². The predicted molar refractivity (Wildman–Crippen MR) is 101 cm³/mol. The maximum absolute atomic E-state index is 12.0. The molecule has 0 aliphatic heterocycles. The van der Waals surface area contributed by atoms with Gasteiger partial charge in [-0.15, -0.1) is 0 Å². The average Bonchev–Trinajstić information content (AvgIpc) is 2.59. The number of carbonyl (C=O) groups is 2. The molecule has 0 saturated carbocycles. The smallest absolute Gasteiger partial charge is 0.344 e. The van der Waals surface area contributed by atoms with Gasteiger partial charge in [0.25, 0.3) is 5.91 Å². The van der Waals surface area contributed by atoms with Crippen molar-refractivity contribution in [1.29, 1.82) is 0 Å². The summed E-state index contributed by atoms with van der Waals surface area (Å²) >= 11 is 0. The van der Waals surface area contributed by atoms with Crippen LogP contribution >= 0.6 is 0 Å². The number of ether oxygens (including phenoxy) is 2. The Morgan fingerprint density at radius 3 is 2.27 bits per heavy atom. The molecule has 0 spiro atoms. The summed E-state index contributed by atoms with van der Waals surface area (Å²) in [7, 11) is 0. The molecule has 0 aliphatic rings. The second kappa shape index (κ2) is 8.52. The van der Waals surface area contributed by atoms with Gasteiger partial charge in [0.1, 0.15) is 5.75 Å². The summed E-state index contributed by atoms with van der Waals surface area (Å²) in [5.41, 5.74) is 1.50. The zero-order chi connectivity index (χ0) is 19.2. The van der Waals surface area contributed by atoms with Crippen LogP contribution in [0.5, 0.6) is 5.75 Å². The van der Waals surface area contributed by atoms with Crippen molar-refractivity contribution in [3.8, 4) is 16.9 Å². The van der Waals surface area contributed by atoms with Crippen molar-refractivity contribution in [3.63, 3.8) is 0 Å². The highest BCUT2D eigenvalue weighted by molar-refractivity contribution is 5.84. The van der Waals surface area contributed by atoms with Crippen LogP contribution in [0.2, 0.25) is 0 Å². The summed E-state index contributed by atoms with van der Waals surface area (Å²) in [6.07, 6.45) is -0.880. The molecule has 0 fully saturated rings. The monoisotopic (exact) mass is 355 g/mol. The number of nitrogens with one attached hydrogen (secondary N) is 1. The fourth-order valence-corrected chi connectivity index (χ4v) is 2.34. The summed E-state index contributed by atoms with van der Waals surface area (Å²) in [5.74, 6) is -0.345. The summed E-state index contributed by atoms with van der Waals surface area (Å²) in [6.45, 7) is 6.86. The van der Waals surface area contributed by atoms with Gasteiger partial charge in [-0.1, -0.05) is 48.5 Å². The fourth-order valence-electron chi connectivity index (χ4n) is 2.34. The number of amides is 1. The molecule has 138 valence electrons. The number of para-hydroxylation sites is 1. The standard InChI is InChI=1S/C21H25NO4/c1-15(20(24)22-21(2,3)4)26-19(23)14-25-18-13-9-8-12-17(18)16-10-6-5-7-11-16/h5-13,15H,14H2,1-4H3,(H,22,24). The van der Waals surface area contributed by atoms with E-state index in [1.54, 1.807) is 6.07 Å². The van der Waals surface area contributed by atoms with Gasteiger partial charge in [0.2, 0.25) is 0 Å². The molecule has 2 aromatic carbocycles. The molecule has 2 rings (SSSR count). The van der Waals surface area contributed by atoms with Gasteiger partial charge < -0.3 is 14.8 Å². The molecule has 0 aliphatic carbocycles. The van der Waals surface area contributed by atoms with Crippen molar-refractivity contribution in [2.75, 3.05) is 6.61 Å². The number of carbonyl (C=O) groups excluding carboxylic acids is 2. The second-order valence-corrected chi connectivity index (χ2v) is 7.02. The molecule has 0 heterocycles. The maximum Gasteiger partial charge on any atom is 0.344 e. The minimum absolute atomic E-state index is 0.267. The van der Waals surface area contributed by atoms with E-state index < -0.39 is 12.1 Å². The van der Waals surface area contributed by atoms with Crippen LogP contribution in [0.25, 0.3) is 11.1 Å². The van der Waals surface area contributed by atoms with Crippen molar-refractivity contribution in [2.45, 2.75) is 39.3 Å². The van der Waals surface area contributed by atoms with Crippen molar-refractivity contribution in [1.82, 2.24) is 5.32 Å². The van der Waals surface area contributed by atoms with Gasteiger partial charge in [-0.3, -0.25) is 4.79 Å². The molecular weight excluding hydrogens is 330 g/mol. The van der Waals surface area contributed by atoms with Gasteiger partial charge in [-0.05, 0) is 39.3 Å². The van der Waals surface area contributed by atoms with Crippen LogP contribution in [-0.4, -0.2) is 30.1 Å². The number of benzene rings is 2. The Hall–Kier alpha value is -2.82. The van der Waals surface area contributed by atoms with E-state index in [-0.39, 0.29) is 18.1 Å². The van der Waals surface area contributed by atoms with Crippen LogP contribution < -0.4 is 10.1 Å². The maximum atomic E-state index is 12.0. The molecule has 0 bridgehead atoms. The number of esters is 1. The quantitative estimate of drug-likeness (QED) is 0.805. The van der Waals surface area contributed by atoms with Gasteiger partial charge in [0, 0.05) is 11.1 Å². The molecule has 1 unspecified atom stereocenters. The average molecular weight is 355 g/mol. The number of hydrogen-bond acceptors (Lipinski definition) is 4. The summed E-state index contributed by atoms with van der Waals surface area (Å²) < 4.78 is 10.8. The lowest BCUT2D eigenvalue weighted by Crippen LogP contribution is -2.46. The summed E-state index contributed by atoms with van der Waals surface area (Å²) in [4.78, 5) is 24.0. The Bertz CT molecular complexity index is 750. The zero-order valence-corrected chi connectivity index (χ0v) is 15.6. The van der Waals surface area contributed by atoms with Crippen LogP contribution in [0.15, 0.2) is 54.6 Å². The van der Waals surface area contributed by atoms with Gasteiger partial charge in [-0.2, -0.15) is 0 Å². The summed E-state index contributed by atoms with van der Waals surface area (Å²) in [6, 6.07) is 17.2. The van der Waals surface area contributed by atoms with E-state index in [0.717, 1.165) is 11.1 Å². The third kappa shape index (κ3) is 5.92. The zero-order valence-electron chi connectivity index (χ0n) is 15.6. The highest BCUT2D eigenvalue weighted by Crippen LogP contribution is 2.29. The van der Waals surface area contributed by atoms with Crippen molar-refractivity contribution < 1.29 is 19.1 Å². The van der Waals surface area contributed by atoms with Gasteiger partial charge in [0.15, 0.2) is 12.7 Å². The SMILES string of the molecule is CC(OC(=O)COc1ccccc1-c1ccccc1)C(=O)NC(C)(C)C. The van der Waals surface area contributed by atoms with Crippen LogP contribution in [0.3, 0.4) is 0 Å². The minimum atomic E-state index is -0.880. The third-order valence-electron chi connectivity index (χ3n) is 3.49. The van der Waals surface area contributed by atoms with E-state index in [1.165, 1.54) is 6.92 Å². The van der Waals surface area contributed by atoms with Gasteiger partial charge in [-0.25, -0.2) is 4.79 Å². The normalized spacial score (nSPS) is 12.2. The number of rotatable bonds is 6. The van der Waals surface area contributed by atoms with Gasteiger partial charge in [0.05, 0.1) is 0 Å². The highest BCUT2D eigenvalue weighted by Gasteiger charge is 2.22. The Kier molecular flexibility index (Phi) is 6.39. The van der Waals surface area contributed by atoms with Crippen LogP contribution in [0.4, 0.5) is 0 Å². The van der Waals surface area contributed by atoms with Crippen LogP contribution in [0.1, 0.15) is 27.7 Å². The first-order valence-electron chi connectivity index (χ1n) is 8.55. The molecule has 0 radical (unpaired) electrons. The highest BCUT2D eigenvalue weighted by atomic mass is 16.6. The van der Waals surface area contributed by atoms with E-state index in [4.69, 9.17) is 9.47 Å². The first-order valence-corrected chi connectivity index (χ1v) is 8.55. The van der Waals surface area contributed by atoms with E-state index in [0.29, 0.717) is 5.75 Å². The number of hydrogen-bond donors (Lipinski definition) is 1. The van der Waals surface area contributed by atoms with Crippen molar-refractivity contribution in [2.24, 2.45) is 0 Å². The largest absolute Gasteiger partial charge is 0.481 e. The Morgan fingerprint density at radius 2 is 1.62 bits per heavy atom. The molecule has 0 saturated heterocycles. The lowest BCUT2D eigenvalue weighted by atomic mass is 10.1. The summed E-state index contributed by atoms with van der Waals surface area (Å²) in [5, 5.41) is 2.77. The molecule has 5 nitrogen and oxygen atoms in total. The molecule has 1 atom stereocenters. The lowest BCUT2D eigenvalue weighted by Gasteiger charge is -2.23. The molecule has 1 amide bonds.